The largest absolute Gasteiger partial charge is 0.346 e. The van der Waals surface area contributed by atoms with Crippen molar-refractivity contribution in [3.05, 3.63) is 89.2 Å². The summed E-state index contributed by atoms with van der Waals surface area (Å²) < 4.78 is 0. The fourth-order valence-corrected chi connectivity index (χ4v) is 3.20. The number of H-pyrrole nitrogens is 1. The maximum atomic E-state index is 6.11. The van der Waals surface area contributed by atoms with E-state index in [1.54, 1.807) is 6.20 Å². The van der Waals surface area contributed by atoms with Gasteiger partial charge in [-0.05, 0) is 35.6 Å². The number of hydrogen-bond donors (Lipinski definition) is 1. The number of halogens is 1. The molecule has 0 atom stereocenters. The van der Waals surface area contributed by atoms with Crippen LogP contribution in [0.4, 0.5) is 0 Å². The van der Waals surface area contributed by atoms with E-state index >= 15 is 0 Å². The number of aromatic nitrogens is 2. The molecule has 0 spiro atoms. The summed E-state index contributed by atoms with van der Waals surface area (Å²) in [5, 5.41) is 1.71. The summed E-state index contributed by atoms with van der Waals surface area (Å²) in [6, 6.07) is 21.3. The Labute approximate surface area is 146 Å². The van der Waals surface area contributed by atoms with Crippen LogP contribution in [-0.2, 0) is 12.8 Å². The molecular formula is C21H17ClN2. The molecule has 0 unspecified atom stereocenters. The van der Waals surface area contributed by atoms with Crippen molar-refractivity contribution in [2.24, 2.45) is 0 Å². The van der Waals surface area contributed by atoms with Gasteiger partial charge in [-0.15, -0.1) is 0 Å². The molecule has 2 aromatic carbocycles. The van der Waals surface area contributed by atoms with E-state index in [0.29, 0.717) is 5.02 Å². The highest BCUT2D eigenvalue weighted by Gasteiger charge is 2.08. The Kier molecular flexibility index (Phi) is 4.06. The average Bonchev–Trinajstić information content (AvgIpc) is 3.04. The third-order valence-corrected chi connectivity index (χ3v) is 4.49. The molecule has 0 fully saturated rings. The number of aryl methyl sites for hydroxylation is 2. The van der Waals surface area contributed by atoms with Gasteiger partial charge >= 0.3 is 0 Å². The van der Waals surface area contributed by atoms with Crippen LogP contribution in [-0.4, -0.2) is 9.97 Å². The van der Waals surface area contributed by atoms with Gasteiger partial charge in [-0.25, -0.2) is 4.98 Å². The highest BCUT2D eigenvalue weighted by Crippen LogP contribution is 2.30. The average molecular weight is 333 g/mol. The second-order valence-electron chi connectivity index (χ2n) is 5.94. The van der Waals surface area contributed by atoms with Crippen LogP contribution in [0.5, 0.6) is 0 Å². The molecule has 0 bridgehead atoms. The SMILES string of the molecule is Clc1cnc2[nH]cc(-c3cccc(CCc4ccccc4)c3)c2c1. The van der Waals surface area contributed by atoms with Crippen molar-refractivity contribution in [1.29, 1.82) is 0 Å². The van der Waals surface area contributed by atoms with Crippen LogP contribution in [0.15, 0.2) is 73.1 Å². The molecule has 0 radical (unpaired) electrons. The number of hydrogen-bond acceptors (Lipinski definition) is 1. The first-order valence-corrected chi connectivity index (χ1v) is 8.43. The second kappa shape index (κ2) is 6.50. The molecule has 2 nitrogen and oxygen atoms in total. The Balaban J connectivity index is 1.63. The van der Waals surface area contributed by atoms with E-state index in [1.165, 1.54) is 16.7 Å². The first kappa shape index (κ1) is 15.0. The van der Waals surface area contributed by atoms with E-state index in [0.717, 1.165) is 29.4 Å². The van der Waals surface area contributed by atoms with Crippen LogP contribution < -0.4 is 0 Å². The molecule has 1 N–H and O–H groups in total. The molecule has 0 saturated heterocycles. The van der Waals surface area contributed by atoms with Gasteiger partial charge in [0.2, 0.25) is 0 Å². The summed E-state index contributed by atoms with van der Waals surface area (Å²) in [4.78, 5) is 7.56. The van der Waals surface area contributed by atoms with Gasteiger partial charge in [0, 0.05) is 23.3 Å². The minimum atomic E-state index is 0.656. The fraction of sp³-hybridized carbons (Fsp3) is 0.0952. The number of aromatic amines is 1. The molecule has 2 aromatic heterocycles. The van der Waals surface area contributed by atoms with Gasteiger partial charge in [0.05, 0.1) is 5.02 Å². The lowest BCUT2D eigenvalue weighted by Gasteiger charge is -2.05. The van der Waals surface area contributed by atoms with Crippen LogP contribution in [0.1, 0.15) is 11.1 Å². The summed E-state index contributed by atoms with van der Waals surface area (Å²) in [6.45, 7) is 0. The van der Waals surface area contributed by atoms with Gasteiger partial charge in [-0.3, -0.25) is 0 Å². The van der Waals surface area contributed by atoms with Crippen LogP contribution in [0, 0.1) is 0 Å². The predicted molar refractivity (Wildman–Crippen MR) is 100 cm³/mol. The number of fused-ring (bicyclic) bond motifs is 1. The van der Waals surface area contributed by atoms with E-state index < -0.39 is 0 Å². The third-order valence-electron chi connectivity index (χ3n) is 4.28. The first-order valence-electron chi connectivity index (χ1n) is 8.05. The topological polar surface area (TPSA) is 28.7 Å². The maximum absolute atomic E-state index is 6.11. The van der Waals surface area contributed by atoms with Gasteiger partial charge in [-0.2, -0.15) is 0 Å². The molecule has 4 aromatic rings. The highest BCUT2D eigenvalue weighted by molar-refractivity contribution is 6.31. The van der Waals surface area contributed by atoms with Gasteiger partial charge < -0.3 is 4.98 Å². The van der Waals surface area contributed by atoms with Crippen molar-refractivity contribution in [3.8, 4) is 11.1 Å². The lowest BCUT2D eigenvalue weighted by atomic mass is 9.99. The smallest absolute Gasteiger partial charge is 0.137 e. The van der Waals surface area contributed by atoms with E-state index in [9.17, 15) is 0 Å². The predicted octanol–water partition coefficient (Wildman–Crippen LogP) is 5.67. The Morgan fingerprint density at radius 3 is 2.54 bits per heavy atom. The molecule has 0 aliphatic heterocycles. The highest BCUT2D eigenvalue weighted by atomic mass is 35.5. The van der Waals surface area contributed by atoms with Gasteiger partial charge in [0.1, 0.15) is 5.65 Å². The first-order chi connectivity index (χ1) is 11.8. The minimum Gasteiger partial charge on any atom is -0.346 e. The Hall–Kier alpha value is -2.58. The number of nitrogens with one attached hydrogen (secondary N) is 1. The summed E-state index contributed by atoms with van der Waals surface area (Å²) in [5.74, 6) is 0. The monoisotopic (exact) mass is 332 g/mol. The number of rotatable bonds is 4. The molecule has 2 heterocycles. The maximum Gasteiger partial charge on any atom is 0.137 e. The zero-order valence-corrected chi connectivity index (χ0v) is 13.9. The van der Waals surface area contributed by atoms with Crippen molar-refractivity contribution >= 4 is 22.6 Å². The molecule has 0 aliphatic rings. The molecule has 3 heteroatoms. The molecule has 0 aliphatic carbocycles. The van der Waals surface area contributed by atoms with E-state index in [2.05, 4.69) is 64.6 Å². The van der Waals surface area contributed by atoms with E-state index in [-0.39, 0.29) is 0 Å². The van der Waals surface area contributed by atoms with Crippen LogP contribution in [0.3, 0.4) is 0 Å². The second-order valence-corrected chi connectivity index (χ2v) is 6.37. The van der Waals surface area contributed by atoms with Crippen LogP contribution in [0.25, 0.3) is 22.2 Å². The zero-order valence-electron chi connectivity index (χ0n) is 13.2. The van der Waals surface area contributed by atoms with Crippen molar-refractivity contribution in [2.75, 3.05) is 0 Å². The zero-order chi connectivity index (χ0) is 16.4. The van der Waals surface area contributed by atoms with E-state index in [4.69, 9.17) is 11.6 Å². The fourth-order valence-electron chi connectivity index (χ4n) is 3.04. The summed E-state index contributed by atoms with van der Waals surface area (Å²) in [7, 11) is 0. The van der Waals surface area contributed by atoms with Crippen molar-refractivity contribution in [1.82, 2.24) is 9.97 Å². The number of nitrogens with zero attached hydrogens (tertiary/aromatic N) is 1. The molecule has 0 saturated carbocycles. The molecule has 24 heavy (non-hydrogen) atoms. The van der Waals surface area contributed by atoms with E-state index in [1.807, 2.05) is 12.3 Å². The van der Waals surface area contributed by atoms with Gasteiger partial charge in [0.15, 0.2) is 0 Å². The van der Waals surface area contributed by atoms with Crippen LogP contribution in [0.2, 0.25) is 5.02 Å². The standard InChI is InChI=1S/C21H17ClN2/c22-18-12-19-20(14-24-21(19)23-13-18)17-8-4-7-16(11-17)10-9-15-5-2-1-3-6-15/h1-8,11-14H,9-10H2,(H,23,24). The van der Waals surface area contributed by atoms with Crippen molar-refractivity contribution in [3.63, 3.8) is 0 Å². The summed E-state index contributed by atoms with van der Waals surface area (Å²) in [5.41, 5.74) is 5.90. The number of pyridine rings is 1. The van der Waals surface area contributed by atoms with Crippen LogP contribution >= 0.6 is 11.6 Å². The molecule has 4 rings (SSSR count). The molecule has 118 valence electrons. The van der Waals surface area contributed by atoms with Crippen molar-refractivity contribution in [2.45, 2.75) is 12.8 Å². The summed E-state index contributed by atoms with van der Waals surface area (Å²) in [6.07, 6.45) is 5.75. The van der Waals surface area contributed by atoms with Crippen molar-refractivity contribution < 1.29 is 0 Å². The Morgan fingerprint density at radius 2 is 1.67 bits per heavy atom. The lowest BCUT2D eigenvalue weighted by molar-refractivity contribution is 0.961. The quantitative estimate of drug-likeness (QED) is 0.512. The van der Waals surface area contributed by atoms with Gasteiger partial charge in [0.25, 0.3) is 0 Å². The minimum absolute atomic E-state index is 0.656. The molecule has 0 amide bonds. The number of benzene rings is 2. The third kappa shape index (κ3) is 3.06. The molecular weight excluding hydrogens is 316 g/mol. The Bertz CT molecular complexity index is 973. The van der Waals surface area contributed by atoms with Gasteiger partial charge in [-0.1, -0.05) is 66.2 Å². The summed E-state index contributed by atoms with van der Waals surface area (Å²) >= 11 is 6.11. The Morgan fingerprint density at radius 1 is 0.875 bits per heavy atom. The lowest BCUT2D eigenvalue weighted by Crippen LogP contribution is -1.91. The normalized spacial score (nSPS) is 11.0.